The maximum Gasteiger partial charge on any atom is 0.295 e. The van der Waals surface area contributed by atoms with E-state index in [1.165, 1.54) is 0 Å². The van der Waals surface area contributed by atoms with E-state index < -0.39 is 17.7 Å². The molecule has 36 heavy (non-hydrogen) atoms. The van der Waals surface area contributed by atoms with Crippen LogP contribution in [0.4, 0.5) is 5.69 Å². The number of benzene rings is 2. The Kier molecular flexibility index (Phi) is 7.69. The molecule has 0 spiro atoms. The molecule has 1 amide bonds. The zero-order valence-electron chi connectivity index (χ0n) is 22.0. The van der Waals surface area contributed by atoms with Gasteiger partial charge < -0.3 is 24.5 Å². The molecule has 0 aliphatic carbocycles. The van der Waals surface area contributed by atoms with E-state index in [-0.39, 0.29) is 17.4 Å². The van der Waals surface area contributed by atoms with Crippen molar-refractivity contribution >= 4 is 23.1 Å². The summed E-state index contributed by atoms with van der Waals surface area (Å²) in [7, 11) is 3.93. The van der Waals surface area contributed by atoms with Gasteiger partial charge in [0.05, 0.1) is 11.6 Å². The molecular weight excluding hydrogens is 454 g/mol. The highest BCUT2D eigenvalue weighted by molar-refractivity contribution is 6.46. The summed E-state index contributed by atoms with van der Waals surface area (Å²) in [5.41, 5.74) is 3.49. The van der Waals surface area contributed by atoms with Crippen LogP contribution in [0.1, 0.15) is 49.9 Å². The lowest BCUT2D eigenvalue weighted by molar-refractivity contribution is -0.140. The van der Waals surface area contributed by atoms with Gasteiger partial charge in [-0.3, -0.25) is 9.59 Å². The first-order valence-electron chi connectivity index (χ1n) is 12.8. The zero-order valence-corrected chi connectivity index (χ0v) is 22.0. The minimum Gasteiger partial charge on any atom is -0.507 e. The van der Waals surface area contributed by atoms with Crippen LogP contribution in [0.15, 0.2) is 48.0 Å². The summed E-state index contributed by atoms with van der Waals surface area (Å²) in [6.07, 6.45) is 1.56. The van der Waals surface area contributed by atoms with Gasteiger partial charge in [0, 0.05) is 38.3 Å². The van der Waals surface area contributed by atoms with E-state index in [4.69, 9.17) is 4.74 Å². The number of carbonyl (C=O) groups excluding carboxylic acids is 2. The van der Waals surface area contributed by atoms with Crippen LogP contribution >= 0.6 is 0 Å². The van der Waals surface area contributed by atoms with Crippen LogP contribution in [0.25, 0.3) is 5.76 Å². The summed E-state index contributed by atoms with van der Waals surface area (Å²) in [5.74, 6) is -0.534. The molecule has 7 heteroatoms. The zero-order chi connectivity index (χ0) is 26.0. The Balaban J connectivity index is 1.73. The third kappa shape index (κ3) is 4.98. The van der Waals surface area contributed by atoms with E-state index >= 15 is 0 Å². The number of ketones is 1. The highest BCUT2D eigenvalue weighted by Gasteiger charge is 2.45. The van der Waals surface area contributed by atoms with Crippen LogP contribution in [-0.2, 0) is 16.0 Å². The number of Topliss-reactive ketones (excluding diaryl/α,β-unsaturated/α-hetero) is 1. The Labute approximate surface area is 214 Å². The molecule has 1 N–H and O–H groups in total. The topological polar surface area (TPSA) is 73.3 Å². The molecular formula is C29H37N3O4. The van der Waals surface area contributed by atoms with Gasteiger partial charge in [-0.1, -0.05) is 26.0 Å². The van der Waals surface area contributed by atoms with E-state index in [1.54, 1.807) is 11.0 Å². The summed E-state index contributed by atoms with van der Waals surface area (Å²) in [5, 5.41) is 11.4. The fourth-order valence-electron chi connectivity index (χ4n) is 5.14. The van der Waals surface area contributed by atoms with E-state index in [0.29, 0.717) is 12.1 Å². The van der Waals surface area contributed by atoms with Gasteiger partial charge in [0.1, 0.15) is 17.6 Å². The number of aliphatic hydroxyl groups is 1. The number of anilines is 1. The van der Waals surface area contributed by atoms with Crippen LogP contribution in [0.2, 0.25) is 0 Å². The van der Waals surface area contributed by atoms with Gasteiger partial charge >= 0.3 is 0 Å². The second-order valence-electron chi connectivity index (χ2n) is 9.81. The lowest BCUT2D eigenvalue weighted by Crippen LogP contribution is -2.33. The first-order chi connectivity index (χ1) is 17.2. The van der Waals surface area contributed by atoms with Crippen molar-refractivity contribution in [3.63, 3.8) is 0 Å². The van der Waals surface area contributed by atoms with Crippen molar-refractivity contribution in [1.82, 2.24) is 9.80 Å². The lowest BCUT2D eigenvalue weighted by atomic mass is 9.94. The largest absolute Gasteiger partial charge is 0.507 e. The first kappa shape index (κ1) is 25.8. The molecule has 0 radical (unpaired) electrons. The molecule has 0 aromatic heterocycles. The van der Waals surface area contributed by atoms with Crippen molar-refractivity contribution in [2.45, 2.75) is 45.8 Å². The van der Waals surface area contributed by atoms with Crippen LogP contribution in [0.5, 0.6) is 5.75 Å². The van der Waals surface area contributed by atoms with Crippen molar-refractivity contribution in [2.75, 3.05) is 45.2 Å². The smallest absolute Gasteiger partial charge is 0.295 e. The maximum atomic E-state index is 13.3. The molecule has 1 saturated heterocycles. The molecule has 2 atom stereocenters. The van der Waals surface area contributed by atoms with Crippen LogP contribution in [-0.4, -0.2) is 73.0 Å². The number of rotatable bonds is 9. The molecule has 2 heterocycles. The van der Waals surface area contributed by atoms with E-state index in [1.807, 2.05) is 62.3 Å². The number of hydrogen-bond donors (Lipinski definition) is 1. The third-order valence-corrected chi connectivity index (χ3v) is 7.20. The Hall–Kier alpha value is -3.32. The van der Waals surface area contributed by atoms with Crippen LogP contribution in [0.3, 0.4) is 0 Å². The molecule has 2 aromatic carbocycles. The standard InChI is InChI=1S/C29H37N3O4/c1-6-31(7-2)15-8-16-32-26(20-9-12-23(13-10-20)30(4)5)25(28(34)29(32)35)27(33)21-11-14-24-22(18-21)17-19(3)36-24/h9-14,18-19,26,33H,6-8,15-17H2,1-5H3/t19-,26+/m0/s1. The number of amides is 1. The summed E-state index contributed by atoms with van der Waals surface area (Å²) >= 11 is 0. The summed E-state index contributed by atoms with van der Waals surface area (Å²) in [4.78, 5) is 32.5. The van der Waals surface area contributed by atoms with Crippen molar-refractivity contribution in [2.24, 2.45) is 0 Å². The number of nitrogens with zero attached hydrogens (tertiary/aromatic N) is 3. The van der Waals surface area contributed by atoms with Gasteiger partial charge in [-0.05, 0) is 74.4 Å². The Morgan fingerprint density at radius 1 is 1.08 bits per heavy atom. The maximum absolute atomic E-state index is 13.3. The van der Waals surface area contributed by atoms with Crippen molar-refractivity contribution in [3.8, 4) is 5.75 Å². The first-order valence-corrected chi connectivity index (χ1v) is 12.8. The fraction of sp³-hybridized carbons (Fsp3) is 0.448. The average molecular weight is 492 g/mol. The fourth-order valence-corrected chi connectivity index (χ4v) is 5.14. The molecule has 192 valence electrons. The lowest BCUT2D eigenvalue weighted by Gasteiger charge is -2.27. The summed E-state index contributed by atoms with van der Waals surface area (Å²) < 4.78 is 5.79. The molecule has 2 aliphatic rings. The Morgan fingerprint density at radius 3 is 2.42 bits per heavy atom. The van der Waals surface area contributed by atoms with Gasteiger partial charge in [-0.25, -0.2) is 0 Å². The van der Waals surface area contributed by atoms with Crippen molar-refractivity contribution in [1.29, 1.82) is 0 Å². The summed E-state index contributed by atoms with van der Waals surface area (Å²) in [6.45, 7) is 9.38. The van der Waals surface area contributed by atoms with Gasteiger partial charge in [0.2, 0.25) is 0 Å². The predicted molar refractivity (Wildman–Crippen MR) is 142 cm³/mol. The Bertz CT molecular complexity index is 1150. The quantitative estimate of drug-likeness (QED) is 0.322. The van der Waals surface area contributed by atoms with Gasteiger partial charge in [0.25, 0.3) is 11.7 Å². The highest BCUT2D eigenvalue weighted by Crippen LogP contribution is 2.41. The number of ether oxygens (including phenoxy) is 1. The molecule has 2 aliphatic heterocycles. The van der Waals surface area contributed by atoms with Crippen LogP contribution in [0, 0.1) is 0 Å². The number of fused-ring (bicyclic) bond motifs is 1. The SMILES string of the molecule is CCN(CC)CCCN1C(=O)C(=O)C(=C(O)c2ccc3c(c2)C[C@H](C)O3)[C@H]1c1ccc(N(C)C)cc1. The van der Waals surface area contributed by atoms with Gasteiger partial charge in [-0.2, -0.15) is 0 Å². The monoisotopic (exact) mass is 491 g/mol. The number of hydrogen-bond acceptors (Lipinski definition) is 6. The Morgan fingerprint density at radius 2 is 1.78 bits per heavy atom. The predicted octanol–water partition coefficient (Wildman–Crippen LogP) is 4.23. The van der Waals surface area contributed by atoms with Crippen molar-refractivity contribution < 1.29 is 19.4 Å². The van der Waals surface area contributed by atoms with Gasteiger partial charge in [0.15, 0.2) is 0 Å². The van der Waals surface area contributed by atoms with Gasteiger partial charge in [-0.15, -0.1) is 0 Å². The molecule has 0 bridgehead atoms. The van der Waals surface area contributed by atoms with Crippen molar-refractivity contribution in [3.05, 3.63) is 64.7 Å². The normalized spacial score (nSPS) is 20.7. The molecule has 0 unspecified atom stereocenters. The number of aliphatic hydroxyl groups excluding tert-OH is 1. The molecule has 0 saturated carbocycles. The summed E-state index contributed by atoms with van der Waals surface area (Å²) in [6, 6.07) is 12.6. The third-order valence-electron chi connectivity index (χ3n) is 7.20. The highest BCUT2D eigenvalue weighted by atomic mass is 16.5. The van der Waals surface area contributed by atoms with E-state index in [2.05, 4.69) is 18.7 Å². The average Bonchev–Trinajstić information content (AvgIpc) is 3.37. The van der Waals surface area contributed by atoms with Crippen LogP contribution < -0.4 is 9.64 Å². The van der Waals surface area contributed by atoms with E-state index in [0.717, 1.165) is 55.0 Å². The molecule has 7 nitrogen and oxygen atoms in total. The second-order valence-corrected chi connectivity index (χ2v) is 9.81. The number of likely N-dealkylation sites (tertiary alicyclic amines) is 1. The number of carbonyl (C=O) groups is 2. The molecule has 2 aromatic rings. The van der Waals surface area contributed by atoms with E-state index in [9.17, 15) is 14.7 Å². The molecule has 1 fully saturated rings. The second kappa shape index (κ2) is 10.7. The minimum atomic E-state index is -0.638. The minimum absolute atomic E-state index is 0.0731. The molecule has 4 rings (SSSR count).